The molecule has 4 rings (SSSR count). The zero-order chi connectivity index (χ0) is 24.2. The van der Waals surface area contributed by atoms with Gasteiger partial charge in [-0.3, -0.25) is 2.78 Å². The average Bonchev–Trinajstić information content (AvgIpc) is 3.07. The zero-order valence-electron chi connectivity index (χ0n) is 20.4. The number of aryl methyl sites for hydroxylation is 1. The summed E-state index contributed by atoms with van der Waals surface area (Å²) >= 11 is 2.25. The van der Waals surface area contributed by atoms with E-state index in [1.807, 2.05) is 55.7 Å². The predicted molar refractivity (Wildman–Crippen MR) is 142 cm³/mol. The van der Waals surface area contributed by atoms with Crippen molar-refractivity contribution in [2.75, 3.05) is 13.1 Å². The van der Waals surface area contributed by atoms with Crippen molar-refractivity contribution in [3.63, 3.8) is 0 Å². The molecule has 33 heavy (non-hydrogen) atoms. The maximum atomic E-state index is 12.3. The molecule has 1 aliphatic heterocycles. The van der Waals surface area contributed by atoms with Gasteiger partial charge in [-0.05, 0) is 57.0 Å². The molecule has 0 radical (unpaired) electrons. The van der Waals surface area contributed by atoms with E-state index in [9.17, 15) is 4.79 Å². The van der Waals surface area contributed by atoms with Crippen LogP contribution in [0.25, 0.3) is 22.2 Å². The normalized spacial score (nSPS) is 14.6. The van der Waals surface area contributed by atoms with E-state index in [0.29, 0.717) is 13.1 Å². The van der Waals surface area contributed by atoms with Crippen LogP contribution in [0.3, 0.4) is 0 Å². The molecule has 6 nitrogen and oxygen atoms in total. The molecule has 0 atom stereocenters. The molecule has 0 unspecified atom stereocenters. The molecule has 1 fully saturated rings. The minimum Gasteiger partial charge on any atom is -0.490 e. The van der Waals surface area contributed by atoms with Gasteiger partial charge in [0.25, 0.3) is 0 Å². The highest BCUT2D eigenvalue weighted by molar-refractivity contribution is 14.1. The predicted octanol–water partition coefficient (Wildman–Crippen LogP) is 7.01. The van der Waals surface area contributed by atoms with Gasteiger partial charge in [-0.2, -0.15) is 0 Å². The zero-order valence-corrected chi connectivity index (χ0v) is 22.5. The molecule has 0 N–H and O–H groups in total. The third-order valence-corrected chi connectivity index (χ3v) is 6.10. The number of amides is 1. The lowest BCUT2D eigenvalue weighted by atomic mass is 10.1. The number of benzene rings is 1. The summed E-state index contributed by atoms with van der Waals surface area (Å²) in [5.74, 6) is 0.844. The van der Waals surface area contributed by atoms with Crippen molar-refractivity contribution in [2.24, 2.45) is 0 Å². The Morgan fingerprint density at radius 2 is 1.82 bits per heavy atom. The average molecular weight is 563 g/mol. The lowest BCUT2D eigenvalue weighted by Crippen LogP contribution is -2.44. The summed E-state index contributed by atoms with van der Waals surface area (Å²) in [5, 5.41) is 1.16. The quantitative estimate of drug-likeness (QED) is 0.322. The van der Waals surface area contributed by atoms with Crippen LogP contribution < -0.4 is 4.74 Å². The van der Waals surface area contributed by atoms with Gasteiger partial charge in [0.1, 0.15) is 23.1 Å². The van der Waals surface area contributed by atoms with Gasteiger partial charge in [0.2, 0.25) is 0 Å². The minimum atomic E-state index is -0.472. The second-order valence-electron chi connectivity index (χ2n) is 9.03. The van der Waals surface area contributed by atoms with Crippen LogP contribution in [-0.4, -0.2) is 43.6 Å². The number of hydrogen-bond acceptors (Lipinski definition) is 4. The number of rotatable bonds is 3. The number of ether oxygens (including phenoxy) is 2. The first kappa shape index (κ1) is 25.3. The molecular formula is C26H34IN3O3. The number of carbonyl (C=O) groups excluding carboxylic acids is 1. The van der Waals surface area contributed by atoms with Gasteiger partial charge in [0, 0.05) is 49.3 Å². The first-order chi connectivity index (χ1) is 15.7. The van der Waals surface area contributed by atoms with Gasteiger partial charge in [-0.15, -0.1) is 0 Å². The highest BCUT2D eigenvalue weighted by Gasteiger charge is 2.27. The minimum absolute atomic E-state index is 0.0878. The Morgan fingerprint density at radius 3 is 2.48 bits per heavy atom. The molecule has 0 saturated carbocycles. The summed E-state index contributed by atoms with van der Waals surface area (Å²) < 4.78 is 13.8. The van der Waals surface area contributed by atoms with Crippen LogP contribution in [0, 0.1) is 6.92 Å². The first-order valence-corrected chi connectivity index (χ1v) is 12.5. The fraction of sp³-hybridized carbons (Fsp3) is 0.462. The number of pyridine rings is 1. The number of likely N-dealkylation sites (tertiary alicyclic amines) is 1. The van der Waals surface area contributed by atoms with Gasteiger partial charge in [-0.1, -0.05) is 26.0 Å². The Labute approximate surface area is 210 Å². The molecule has 7 heteroatoms. The van der Waals surface area contributed by atoms with Gasteiger partial charge in [0.15, 0.2) is 0 Å². The summed E-state index contributed by atoms with van der Waals surface area (Å²) in [4.78, 5) is 18.7. The number of piperidine rings is 1. The maximum Gasteiger partial charge on any atom is 0.410 e. The topological polar surface area (TPSA) is 56.6 Å². The summed E-state index contributed by atoms with van der Waals surface area (Å²) in [5.41, 5.74) is 3.87. The number of nitrogens with zero attached hydrogens (tertiary/aromatic N) is 3. The van der Waals surface area contributed by atoms with Crippen LogP contribution in [0.2, 0.25) is 0 Å². The highest BCUT2D eigenvalue weighted by Crippen LogP contribution is 2.30. The maximum absolute atomic E-state index is 12.3. The van der Waals surface area contributed by atoms with E-state index in [1.54, 1.807) is 4.90 Å². The molecule has 0 bridgehead atoms. The van der Waals surface area contributed by atoms with Gasteiger partial charge < -0.3 is 14.4 Å². The van der Waals surface area contributed by atoms with Crippen molar-refractivity contribution >= 4 is 40.0 Å². The number of aromatic nitrogens is 2. The fourth-order valence-electron chi connectivity index (χ4n) is 3.80. The highest BCUT2D eigenvalue weighted by atomic mass is 127. The number of halogens is 1. The largest absolute Gasteiger partial charge is 0.490 e. The summed E-state index contributed by atoms with van der Waals surface area (Å²) in [6.45, 7) is 13.1. The Kier molecular flexibility index (Phi) is 8.26. The van der Waals surface area contributed by atoms with Gasteiger partial charge in [-0.25, -0.2) is 9.78 Å². The van der Waals surface area contributed by atoms with Crippen molar-refractivity contribution in [2.45, 2.75) is 66.1 Å². The first-order valence-electron chi connectivity index (χ1n) is 11.6. The van der Waals surface area contributed by atoms with E-state index in [2.05, 4.69) is 59.2 Å². The number of carbonyl (C=O) groups is 1. The van der Waals surface area contributed by atoms with Crippen LogP contribution in [-0.2, 0) is 4.74 Å². The third kappa shape index (κ3) is 6.40. The molecule has 3 aromatic rings. The monoisotopic (exact) mass is 563 g/mol. The van der Waals surface area contributed by atoms with E-state index < -0.39 is 5.60 Å². The fourth-order valence-corrected chi connectivity index (χ4v) is 4.60. The van der Waals surface area contributed by atoms with Crippen LogP contribution in [0.5, 0.6) is 5.75 Å². The van der Waals surface area contributed by atoms with E-state index in [1.165, 1.54) is 5.56 Å². The lowest BCUT2D eigenvalue weighted by molar-refractivity contribution is 0.0126. The Hall–Kier alpha value is -2.29. The lowest BCUT2D eigenvalue weighted by Gasteiger charge is -2.33. The molecule has 0 aliphatic carbocycles. The van der Waals surface area contributed by atoms with Gasteiger partial charge >= 0.3 is 6.09 Å². The Balaban J connectivity index is 0.00000149. The third-order valence-electron chi connectivity index (χ3n) is 5.36. The van der Waals surface area contributed by atoms with Crippen molar-refractivity contribution in [1.82, 2.24) is 12.7 Å². The molecule has 1 aromatic carbocycles. The molecule has 1 aliphatic rings. The summed E-state index contributed by atoms with van der Waals surface area (Å²) in [6, 6.07) is 10.3. The SMILES string of the molecule is CC.Cc1cn(I)c2ncc(-c3cccc(OC4CCN(C(=O)OC(C)(C)C)CC4)c3)cc12. The summed E-state index contributed by atoms with van der Waals surface area (Å²) in [7, 11) is 0. The van der Waals surface area contributed by atoms with Crippen molar-refractivity contribution in [3.8, 4) is 16.9 Å². The van der Waals surface area contributed by atoms with E-state index in [0.717, 1.165) is 40.8 Å². The molecule has 178 valence electrons. The van der Waals surface area contributed by atoms with Crippen molar-refractivity contribution < 1.29 is 14.3 Å². The van der Waals surface area contributed by atoms with Crippen molar-refractivity contribution in [3.05, 3.63) is 48.3 Å². The molecule has 1 saturated heterocycles. The Bertz CT molecular complexity index is 1100. The van der Waals surface area contributed by atoms with Crippen molar-refractivity contribution in [1.29, 1.82) is 0 Å². The molecule has 1 amide bonds. The molecule has 2 aromatic heterocycles. The smallest absolute Gasteiger partial charge is 0.410 e. The van der Waals surface area contributed by atoms with E-state index in [4.69, 9.17) is 9.47 Å². The number of hydrogen-bond donors (Lipinski definition) is 0. The second-order valence-corrected chi connectivity index (χ2v) is 10.1. The van der Waals surface area contributed by atoms with Gasteiger partial charge in [0.05, 0.1) is 22.9 Å². The van der Waals surface area contributed by atoms with Crippen LogP contribution in [0.15, 0.2) is 42.7 Å². The second kappa shape index (κ2) is 10.8. The standard InChI is InChI=1S/C24H28IN3O3.C2H6/c1-16-15-28(25)22-21(16)13-18(14-26-22)17-6-5-7-20(12-17)30-19-8-10-27(11-9-19)23(29)31-24(2,3)4;1-2/h5-7,12-15,19H,8-11H2,1-4H3;1-2H3. The van der Waals surface area contributed by atoms with Crippen LogP contribution in [0.4, 0.5) is 4.79 Å². The van der Waals surface area contributed by atoms with Crippen LogP contribution in [0.1, 0.15) is 53.0 Å². The molecular weight excluding hydrogens is 529 g/mol. The molecule has 0 spiro atoms. The Morgan fingerprint density at radius 1 is 1.12 bits per heavy atom. The number of fused-ring (bicyclic) bond motifs is 1. The van der Waals surface area contributed by atoms with Crippen LogP contribution >= 0.6 is 22.9 Å². The summed E-state index contributed by atoms with van der Waals surface area (Å²) in [6.07, 6.45) is 5.43. The molecule has 3 heterocycles. The van der Waals surface area contributed by atoms with E-state index in [-0.39, 0.29) is 12.2 Å². The van der Waals surface area contributed by atoms with E-state index >= 15 is 0 Å².